The fourth-order valence-corrected chi connectivity index (χ4v) is 3.98. The van der Waals surface area contributed by atoms with Crippen molar-refractivity contribution < 1.29 is 9.53 Å². The quantitative estimate of drug-likeness (QED) is 0.810. The van der Waals surface area contributed by atoms with Gasteiger partial charge in [-0.3, -0.25) is 9.69 Å². The number of nitrogens with zero attached hydrogens (tertiary/aromatic N) is 2. The molecule has 2 aromatic rings. The largest absolute Gasteiger partial charge is 0.492 e. The van der Waals surface area contributed by atoms with Crippen LogP contribution in [0.25, 0.3) is 0 Å². The van der Waals surface area contributed by atoms with Gasteiger partial charge in [0.2, 0.25) is 5.91 Å². The van der Waals surface area contributed by atoms with Crippen molar-refractivity contribution in [2.75, 3.05) is 44.2 Å². The molecule has 1 aromatic carbocycles. The first-order valence-electron chi connectivity index (χ1n) is 9.19. The zero-order valence-corrected chi connectivity index (χ0v) is 16.3. The molecule has 0 radical (unpaired) electrons. The number of ether oxygens (including phenoxy) is 1. The summed E-state index contributed by atoms with van der Waals surface area (Å²) in [5, 5.41) is 5.13. The van der Waals surface area contributed by atoms with Gasteiger partial charge in [-0.25, -0.2) is 0 Å². The lowest BCUT2D eigenvalue weighted by atomic mass is 10.2. The van der Waals surface area contributed by atoms with Crippen LogP contribution in [0.4, 0.5) is 5.69 Å². The van der Waals surface area contributed by atoms with Crippen LogP contribution in [0.15, 0.2) is 41.8 Å². The molecule has 1 fully saturated rings. The maximum Gasteiger partial charge on any atom is 0.234 e. The van der Waals surface area contributed by atoms with Crippen molar-refractivity contribution in [3.05, 3.63) is 46.7 Å². The monoisotopic (exact) mass is 373 g/mol. The summed E-state index contributed by atoms with van der Waals surface area (Å²) in [6.07, 6.45) is 0. The van der Waals surface area contributed by atoms with E-state index < -0.39 is 0 Å². The Morgan fingerprint density at radius 2 is 1.96 bits per heavy atom. The molecular formula is C20H27N3O2S. The zero-order chi connectivity index (χ0) is 18.4. The predicted molar refractivity (Wildman–Crippen MR) is 107 cm³/mol. The van der Waals surface area contributed by atoms with Crippen LogP contribution in [0.2, 0.25) is 0 Å². The van der Waals surface area contributed by atoms with E-state index in [1.807, 2.05) is 43.5 Å². The van der Waals surface area contributed by atoms with Gasteiger partial charge in [0, 0.05) is 31.1 Å². The normalized spacial score (nSPS) is 16.3. The Morgan fingerprint density at radius 1 is 1.19 bits per heavy atom. The summed E-state index contributed by atoms with van der Waals surface area (Å²) >= 11 is 1.68. The Morgan fingerprint density at radius 3 is 2.65 bits per heavy atom. The maximum absolute atomic E-state index is 12.3. The van der Waals surface area contributed by atoms with Crippen molar-refractivity contribution in [1.82, 2.24) is 10.2 Å². The number of hydrogen-bond donors (Lipinski definition) is 1. The second kappa shape index (κ2) is 9.05. The van der Waals surface area contributed by atoms with E-state index in [1.54, 1.807) is 11.3 Å². The molecule has 1 saturated heterocycles. The molecule has 2 heterocycles. The molecule has 6 heteroatoms. The molecule has 1 aromatic heterocycles. The van der Waals surface area contributed by atoms with Gasteiger partial charge < -0.3 is 15.0 Å². The minimum absolute atomic E-state index is 0.0712. The molecule has 1 N–H and O–H groups in total. The van der Waals surface area contributed by atoms with Gasteiger partial charge in [0.15, 0.2) is 0 Å². The van der Waals surface area contributed by atoms with Gasteiger partial charge in [0.1, 0.15) is 5.75 Å². The highest BCUT2D eigenvalue weighted by Gasteiger charge is 2.21. The molecule has 1 atom stereocenters. The van der Waals surface area contributed by atoms with E-state index in [9.17, 15) is 4.79 Å². The molecule has 0 bridgehead atoms. The van der Waals surface area contributed by atoms with Gasteiger partial charge in [-0.2, -0.15) is 0 Å². The van der Waals surface area contributed by atoms with Crippen LogP contribution in [0.1, 0.15) is 24.8 Å². The second-order valence-corrected chi connectivity index (χ2v) is 7.45. The molecule has 1 aliphatic heterocycles. The van der Waals surface area contributed by atoms with E-state index in [0.29, 0.717) is 13.2 Å². The number of piperazine rings is 1. The number of thiophene rings is 1. The number of hydrogen-bond acceptors (Lipinski definition) is 5. The number of rotatable bonds is 7. The molecule has 1 amide bonds. The summed E-state index contributed by atoms with van der Waals surface area (Å²) in [6, 6.07) is 12.3. The molecule has 1 unspecified atom stereocenters. The van der Waals surface area contributed by atoms with E-state index in [-0.39, 0.29) is 11.9 Å². The van der Waals surface area contributed by atoms with E-state index >= 15 is 0 Å². The number of anilines is 1. The average molecular weight is 374 g/mol. The summed E-state index contributed by atoms with van der Waals surface area (Å²) in [4.78, 5) is 18.1. The third-order valence-corrected chi connectivity index (χ3v) is 5.65. The smallest absolute Gasteiger partial charge is 0.234 e. The maximum atomic E-state index is 12.3. The Hall–Kier alpha value is -2.05. The third kappa shape index (κ3) is 4.77. The van der Waals surface area contributed by atoms with Gasteiger partial charge in [-0.05, 0) is 37.4 Å². The van der Waals surface area contributed by atoms with Crippen LogP contribution in [-0.2, 0) is 4.79 Å². The number of carbonyl (C=O) groups excluding carboxylic acids is 1. The minimum atomic E-state index is 0.0712. The van der Waals surface area contributed by atoms with Crippen molar-refractivity contribution >= 4 is 22.9 Å². The van der Waals surface area contributed by atoms with Crippen molar-refractivity contribution in [2.24, 2.45) is 0 Å². The highest BCUT2D eigenvalue weighted by Crippen LogP contribution is 2.28. The molecule has 3 rings (SSSR count). The number of carbonyl (C=O) groups is 1. The number of benzene rings is 1. The summed E-state index contributed by atoms with van der Waals surface area (Å²) in [5.41, 5.74) is 1.14. The van der Waals surface area contributed by atoms with Crippen LogP contribution in [0.5, 0.6) is 5.75 Å². The fraction of sp³-hybridized carbons (Fsp3) is 0.450. The lowest BCUT2D eigenvalue weighted by Crippen LogP contribution is -2.49. The van der Waals surface area contributed by atoms with Crippen molar-refractivity contribution in [1.29, 1.82) is 0 Å². The molecule has 0 spiro atoms. The van der Waals surface area contributed by atoms with E-state index in [1.165, 1.54) is 4.88 Å². The average Bonchev–Trinajstić information content (AvgIpc) is 3.18. The number of para-hydroxylation sites is 2. The Bertz CT molecular complexity index is 697. The predicted octanol–water partition coefficient (Wildman–Crippen LogP) is 3.15. The lowest BCUT2D eigenvalue weighted by molar-refractivity contribution is -0.122. The molecule has 5 nitrogen and oxygen atoms in total. The van der Waals surface area contributed by atoms with Gasteiger partial charge in [0.05, 0.1) is 24.9 Å². The molecule has 0 saturated carbocycles. The first-order valence-corrected chi connectivity index (χ1v) is 10.1. The number of nitrogens with one attached hydrogen (secondary N) is 1. The van der Waals surface area contributed by atoms with Crippen molar-refractivity contribution in [3.8, 4) is 5.75 Å². The van der Waals surface area contributed by atoms with Crippen LogP contribution in [0.3, 0.4) is 0 Å². The molecule has 1 aliphatic rings. The molecule has 0 aliphatic carbocycles. The van der Waals surface area contributed by atoms with E-state index in [2.05, 4.69) is 27.2 Å². The molecule has 26 heavy (non-hydrogen) atoms. The first-order chi connectivity index (χ1) is 12.7. The second-order valence-electron chi connectivity index (χ2n) is 6.47. The van der Waals surface area contributed by atoms with Crippen molar-refractivity contribution in [3.63, 3.8) is 0 Å². The Labute approximate surface area is 159 Å². The van der Waals surface area contributed by atoms with E-state index in [0.717, 1.165) is 37.6 Å². The van der Waals surface area contributed by atoms with Crippen LogP contribution in [0, 0.1) is 0 Å². The highest BCUT2D eigenvalue weighted by molar-refractivity contribution is 7.10. The number of amides is 1. The van der Waals surface area contributed by atoms with Gasteiger partial charge in [-0.1, -0.05) is 18.2 Å². The van der Waals surface area contributed by atoms with Crippen LogP contribution in [-0.4, -0.2) is 50.1 Å². The minimum Gasteiger partial charge on any atom is -0.492 e. The van der Waals surface area contributed by atoms with Gasteiger partial charge in [0.25, 0.3) is 0 Å². The van der Waals surface area contributed by atoms with Crippen LogP contribution >= 0.6 is 11.3 Å². The molecular weight excluding hydrogens is 346 g/mol. The van der Waals surface area contributed by atoms with Crippen LogP contribution < -0.4 is 15.0 Å². The summed E-state index contributed by atoms with van der Waals surface area (Å²) < 4.78 is 5.74. The zero-order valence-electron chi connectivity index (χ0n) is 15.5. The SMILES string of the molecule is CCOc1ccccc1N1CCN(CC(=O)NC(C)c2cccs2)CC1. The lowest BCUT2D eigenvalue weighted by Gasteiger charge is -2.36. The van der Waals surface area contributed by atoms with E-state index in [4.69, 9.17) is 4.74 Å². The van der Waals surface area contributed by atoms with Crippen molar-refractivity contribution in [2.45, 2.75) is 19.9 Å². The van der Waals surface area contributed by atoms with Gasteiger partial charge >= 0.3 is 0 Å². The first kappa shape index (κ1) is 18.7. The Kier molecular flexibility index (Phi) is 6.52. The standard InChI is InChI=1S/C20H27N3O2S/c1-3-25-18-8-5-4-7-17(18)23-12-10-22(11-13-23)15-20(24)21-16(2)19-9-6-14-26-19/h4-9,14,16H,3,10-13,15H2,1-2H3,(H,21,24). The summed E-state index contributed by atoms with van der Waals surface area (Å²) in [7, 11) is 0. The topological polar surface area (TPSA) is 44.8 Å². The summed E-state index contributed by atoms with van der Waals surface area (Å²) in [5.74, 6) is 1.03. The fourth-order valence-electron chi connectivity index (χ4n) is 3.24. The molecule has 140 valence electrons. The highest BCUT2D eigenvalue weighted by atomic mass is 32.1. The third-order valence-electron chi connectivity index (χ3n) is 4.59. The van der Waals surface area contributed by atoms with Gasteiger partial charge in [-0.15, -0.1) is 11.3 Å². The summed E-state index contributed by atoms with van der Waals surface area (Å²) in [6.45, 7) is 8.71. The Balaban J connectivity index is 1.49.